The molecule has 1 aliphatic carbocycles. The molecule has 2 aromatic heterocycles. The van der Waals surface area contributed by atoms with Crippen LogP contribution in [0.15, 0.2) is 18.2 Å². The predicted molar refractivity (Wildman–Crippen MR) is 68.5 cm³/mol. The van der Waals surface area contributed by atoms with Gasteiger partial charge in [-0.25, -0.2) is 4.68 Å². The van der Waals surface area contributed by atoms with Gasteiger partial charge < -0.3 is 5.32 Å². The molecular formula is C13H17N5. The number of hydrogen-bond acceptors (Lipinski definition) is 4. The topological polar surface area (TPSA) is 55.6 Å². The van der Waals surface area contributed by atoms with Crippen molar-refractivity contribution in [2.45, 2.75) is 39.3 Å². The van der Waals surface area contributed by atoms with Crippen LogP contribution in [-0.2, 0) is 6.54 Å². The molecule has 0 amide bonds. The average Bonchev–Trinajstić information content (AvgIpc) is 3.13. The molecule has 0 saturated heterocycles. The molecular weight excluding hydrogens is 226 g/mol. The maximum atomic E-state index is 4.39. The Morgan fingerprint density at radius 2 is 2.11 bits per heavy atom. The normalized spacial score (nSPS) is 15.0. The van der Waals surface area contributed by atoms with E-state index in [1.54, 1.807) is 0 Å². The van der Waals surface area contributed by atoms with E-state index in [-0.39, 0.29) is 0 Å². The maximum absolute atomic E-state index is 4.39. The average molecular weight is 243 g/mol. The van der Waals surface area contributed by atoms with Gasteiger partial charge in [-0.2, -0.15) is 10.2 Å². The van der Waals surface area contributed by atoms with Crippen LogP contribution in [0, 0.1) is 13.8 Å². The third kappa shape index (κ3) is 2.41. The SMILES string of the molecule is Cc1cc(C)n(-c2ccc(CNC3CC3)nn2)n1. The summed E-state index contributed by atoms with van der Waals surface area (Å²) in [4.78, 5) is 0. The van der Waals surface area contributed by atoms with Crippen molar-refractivity contribution in [3.63, 3.8) is 0 Å². The molecule has 18 heavy (non-hydrogen) atoms. The molecule has 1 saturated carbocycles. The standard InChI is InChI=1S/C13H17N5/c1-9-7-10(2)18(17-9)13-6-5-12(15-16-13)8-14-11-3-4-11/h5-7,11,14H,3-4,8H2,1-2H3. The molecule has 2 aromatic rings. The van der Waals surface area contributed by atoms with Gasteiger partial charge in [0, 0.05) is 18.3 Å². The molecule has 0 unspecified atom stereocenters. The fourth-order valence-electron chi connectivity index (χ4n) is 1.96. The molecule has 1 N–H and O–H groups in total. The zero-order valence-electron chi connectivity index (χ0n) is 10.7. The molecule has 0 bridgehead atoms. The Bertz CT molecular complexity index is 539. The van der Waals surface area contributed by atoms with E-state index in [2.05, 4.69) is 20.6 Å². The highest BCUT2D eigenvalue weighted by Gasteiger charge is 2.20. The monoisotopic (exact) mass is 243 g/mol. The van der Waals surface area contributed by atoms with Gasteiger partial charge in [-0.05, 0) is 44.9 Å². The van der Waals surface area contributed by atoms with Crippen molar-refractivity contribution in [1.29, 1.82) is 0 Å². The molecule has 0 aromatic carbocycles. The molecule has 5 heteroatoms. The summed E-state index contributed by atoms with van der Waals surface area (Å²) in [7, 11) is 0. The Morgan fingerprint density at radius 1 is 1.28 bits per heavy atom. The summed E-state index contributed by atoms with van der Waals surface area (Å²) in [6, 6.07) is 6.71. The lowest BCUT2D eigenvalue weighted by Gasteiger charge is -2.04. The number of rotatable bonds is 4. The van der Waals surface area contributed by atoms with Crippen LogP contribution in [-0.4, -0.2) is 26.0 Å². The van der Waals surface area contributed by atoms with Gasteiger partial charge in [-0.15, -0.1) is 5.10 Å². The Kier molecular flexibility index (Phi) is 2.83. The highest BCUT2D eigenvalue weighted by Crippen LogP contribution is 2.19. The molecule has 0 spiro atoms. The minimum absolute atomic E-state index is 0.697. The zero-order valence-corrected chi connectivity index (χ0v) is 10.7. The van der Waals surface area contributed by atoms with Crippen LogP contribution in [0.3, 0.4) is 0 Å². The van der Waals surface area contributed by atoms with Crippen LogP contribution in [0.25, 0.3) is 5.82 Å². The van der Waals surface area contributed by atoms with Gasteiger partial charge >= 0.3 is 0 Å². The molecule has 1 fully saturated rings. The van der Waals surface area contributed by atoms with Crippen LogP contribution in [0.5, 0.6) is 0 Å². The maximum Gasteiger partial charge on any atom is 0.175 e. The quantitative estimate of drug-likeness (QED) is 0.884. The minimum Gasteiger partial charge on any atom is -0.308 e. The molecule has 0 aliphatic heterocycles. The molecule has 1 aliphatic rings. The lowest BCUT2D eigenvalue weighted by molar-refractivity contribution is 0.660. The summed E-state index contributed by atoms with van der Waals surface area (Å²) >= 11 is 0. The van der Waals surface area contributed by atoms with Crippen molar-refractivity contribution >= 4 is 0 Å². The molecule has 5 nitrogen and oxygen atoms in total. The minimum atomic E-state index is 0.697. The first-order valence-corrected chi connectivity index (χ1v) is 6.32. The van der Waals surface area contributed by atoms with E-state index in [1.807, 2.05) is 36.7 Å². The van der Waals surface area contributed by atoms with Crippen molar-refractivity contribution in [2.24, 2.45) is 0 Å². The van der Waals surface area contributed by atoms with E-state index >= 15 is 0 Å². The van der Waals surface area contributed by atoms with Crippen LogP contribution in [0.4, 0.5) is 0 Å². The Balaban J connectivity index is 1.75. The third-order valence-corrected chi connectivity index (χ3v) is 3.08. The zero-order chi connectivity index (χ0) is 12.5. The van der Waals surface area contributed by atoms with E-state index in [1.165, 1.54) is 12.8 Å². The van der Waals surface area contributed by atoms with Gasteiger partial charge in [0.15, 0.2) is 5.82 Å². The molecule has 0 radical (unpaired) electrons. The molecule has 94 valence electrons. The van der Waals surface area contributed by atoms with Crippen molar-refractivity contribution in [3.05, 3.63) is 35.3 Å². The lowest BCUT2D eigenvalue weighted by Crippen LogP contribution is -2.17. The molecule has 2 heterocycles. The summed E-state index contributed by atoms with van der Waals surface area (Å²) in [5, 5.41) is 16.3. The van der Waals surface area contributed by atoms with Gasteiger partial charge in [0.1, 0.15) is 0 Å². The largest absolute Gasteiger partial charge is 0.308 e. The number of aryl methyl sites for hydroxylation is 2. The second kappa shape index (κ2) is 4.49. The van der Waals surface area contributed by atoms with Crippen LogP contribution in [0.1, 0.15) is 29.9 Å². The third-order valence-electron chi connectivity index (χ3n) is 3.08. The predicted octanol–water partition coefficient (Wildman–Crippen LogP) is 1.53. The Morgan fingerprint density at radius 3 is 2.67 bits per heavy atom. The van der Waals surface area contributed by atoms with E-state index in [0.29, 0.717) is 6.04 Å². The Hall–Kier alpha value is -1.75. The summed E-state index contributed by atoms with van der Waals surface area (Å²) in [5.74, 6) is 0.774. The summed E-state index contributed by atoms with van der Waals surface area (Å²) in [6.07, 6.45) is 2.58. The smallest absolute Gasteiger partial charge is 0.175 e. The van der Waals surface area contributed by atoms with Crippen molar-refractivity contribution in [2.75, 3.05) is 0 Å². The highest BCUT2D eigenvalue weighted by atomic mass is 15.3. The highest BCUT2D eigenvalue weighted by molar-refractivity contribution is 5.25. The van der Waals surface area contributed by atoms with E-state index in [4.69, 9.17) is 0 Å². The van der Waals surface area contributed by atoms with E-state index in [0.717, 1.165) is 29.4 Å². The first-order chi connectivity index (χ1) is 8.72. The lowest BCUT2D eigenvalue weighted by atomic mass is 10.3. The number of nitrogens with zero attached hydrogens (tertiary/aromatic N) is 4. The first-order valence-electron chi connectivity index (χ1n) is 6.32. The summed E-state index contributed by atoms with van der Waals surface area (Å²) in [5.41, 5.74) is 3.05. The van der Waals surface area contributed by atoms with E-state index < -0.39 is 0 Å². The fraction of sp³-hybridized carbons (Fsp3) is 0.462. The number of hydrogen-bond donors (Lipinski definition) is 1. The van der Waals surface area contributed by atoms with Gasteiger partial charge in [-0.3, -0.25) is 0 Å². The molecule has 3 rings (SSSR count). The van der Waals surface area contributed by atoms with Gasteiger partial charge in [0.2, 0.25) is 0 Å². The van der Waals surface area contributed by atoms with Crippen LogP contribution < -0.4 is 5.32 Å². The summed E-state index contributed by atoms with van der Waals surface area (Å²) < 4.78 is 1.82. The van der Waals surface area contributed by atoms with E-state index in [9.17, 15) is 0 Å². The second-order valence-corrected chi connectivity index (χ2v) is 4.88. The van der Waals surface area contributed by atoms with Crippen LogP contribution in [0.2, 0.25) is 0 Å². The summed E-state index contributed by atoms with van der Waals surface area (Å²) in [6.45, 7) is 4.80. The second-order valence-electron chi connectivity index (χ2n) is 4.88. The van der Waals surface area contributed by atoms with Crippen molar-refractivity contribution < 1.29 is 0 Å². The Labute approximate surface area is 106 Å². The van der Waals surface area contributed by atoms with Crippen molar-refractivity contribution in [1.82, 2.24) is 25.3 Å². The van der Waals surface area contributed by atoms with Crippen molar-refractivity contribution in [3.8, 4) is 5.82 Å². The van der Waals surface area contributed by atoms with Gasteiger partial charge in [0.25, 0.3) is 0 Å². The molecule has 0 atom stereocenters. The van der Waals surface area contributed by atoms with Crippen LogP contribution >= 0.6 is 0 Å². The number of nitrogens with one attached hydrogen (secondary N) is 1. The fourth-order valence-corrected chi connectivity index (χ4v) is 1.96. The first kappa shape index (κ1) is 11.3. The number of aromatic nitrogens is 4. The van der Waals surface area contributed by atoms with Gasteiger partial charge in [0.05, 0.1) is 11.4 Å². The van der Waals surface area contributed by atoms with Gasteiger partial charge in [-0.1, -0.05) is 0 Å².